The summed E-state index contributed by atoms with van der Waals surface area (Å²) in [5.74, 6) is 1.36. The van der Waals surface area contributed by atoms with Crippen LogP contribution in [0.15, 0.2) is 24.3 Å². The number of aryl methyl sites for hydroxylation is 3. The predicted octanol–water partition coefficient (Wildman–Crippen LogP) is 4.62. The predicted molar refractivity (Wildman–Crippen MR) is 107 cm³/mol. The van der Waals surface area contributed by atoms with Crippen LogP contribution in [0.2, 0.25) is 0 Å². The van der Waals surface area contributed by atoms with Gasteiger partial charge in [0.2, 0.25) is 0 Å². The largest absolute Gasteiger partial charge is 0.450 e. The summed E-state index contributed by atoms with van der Waals surface area (Å²) in [4.78, 5) is 16.2. The fourth-order valence-electron chi connectivity index (χ4n) is 2.91. The van der Waals surface area contributed by atoms with Gasteiger partial charge in [-0.15, -0.1) is 0 Å². The van der Waals surface area contributed by atoms with Gasteiger partial charge in [0, 0.05) is 13.1 Å². The molecule has 0 unspecified atom stereocenters. The maximum atomic E-state index is 11.7. The number of hydrogen-bond acceptors (Lipinski definition) is 5. The first kappa shape index (κ1) is 19.6. The molecule has 0 radical (unpaired) electrons. The monoisotopic (exact) mass is 356 g/mol. The molecule has 26 heavy (non-hydrogen) atoms. The number of benzene rings is 1. The SMILES string of the molecule is CCNc1nc(NCc2c(C)cc(C)cc2C)ccc1NC(=O)OCC. The van der Waals surface area contributed by atoms with E-state index in [9.17, 15) is 4.79 Å². The van der Waals surface area contributed by atoms with Gasteiger partial charge in [-0.25, -0.2) is 9.78 Å². The Morgan fingerprint density at radius 2 is 1.77 bits per heavy atom. The first-order valence-corrected chi connectivity index (χ1v) is 8.93. The number of nitrogens with zero attached hydrogens (tertiary/aromatic N) is 1. The minimum atomic E-state index is -0.486. The van der Waals surface area contributed by atoms with E-state index in [1.807, 2.05) is 19.1 Å². The molecule has 140 valence electrons. The highest BCUT2D eigenvalue weighted by molar-refractivity contribution is 5.88. The molecule has 0 bridgehead atoms. The number of rotatable bonds is 7. The Kier molecular flexibility index (Phi) is 6.83. The molecule has 0 aliphatic heterocycles. The molecule has 2 aromatic rings. The summed E-state index contributed by atoms with van der Waals surface area (Å²) in [6.45, 7) is 11.8. The molecule has 0 spiro atoms. The quantitative estimate of drug-likeness (QED) is 0.675. The van der Waals surface area contributed by atoms with Crippen molar-refractivity contribution in [2.24, 2.45) is 0 Å². The third kappa shape index (κ3) is 5.12. The molecule has 0 aliphatic carbocycles. The Morgan fingerprint density at radius 1 is 1.08 bits per heavy atom. The van der Waals surface area contributed by atoms with E-state index in [4.69, 9.17) is 4.74 Å². The van der Waals surface area contributed by atoms with Crippen molar-refractivity contribution in [3.8, 4) is 0 Å². The van der Waals surface area contributed by atoms with E-state index in [1.165, 1.54) is 22.3 Å². The van der Waals surface area contributed by atoms with E-state index >= 15 is 0 Å². The van der Waals surface area contributed by atoms with Gasteiger partial charge in [-0.1, -0.05) is 17.7 Å². The molecule has 0 saturated carbocycles. The summed E-state index contributed by atoms with van der Waals surface area (Å²) in [5.41, 5.74) is 5.67. The van der Waals surface area contributed by atoms with Gasteiger partial charge in [0.1, 0.15) is 5.82 Å². The molecule has 1 amide bonds. The van der Waals surface area contributed by atoms with Gasteiger partial charge in [0.25, 0.3) is 0 Å². The number of nitrogens with one attached hydrogen (secondary N) is 3. The minimum absolute atomic E-state index is 0.324. The average molecular weight is 356 g/mol. The van der Waals surface area contributed by atoms with E-state index in [2.05, 4.69) is 53.8 Å². The normalized spacial score (nSPS) is 10.3. The van der Waals surface area contributed by atoms with Crippen LogP contribution in [0.3, 0.4) is 0 Å². The van der Waals surface area contributed by atoms with Crippen LogP contribution in [0.4, 0.5) is 22.1 Å². The molecule has 0 atom stereocenters. The van der Waals surface area contributed by atoms with Crippen molar-refractivity contribution in [1.29, 1.82) is 0 Å². The molecule has 0 aliphatic rings. The van der Waals surface area contributed by atoms with E-state index in [1.54, 1.807) is 6.92 Å². The first-order chi connectivity index (χ1) is 12.4. The lowest BCUT2D eigenvalue weighted by Crippen LogP contribution is -2.16. The van der Waals surface area contributed by atoms with Crippen LogP contribution in [0.5, 0.6) is 0 Å². The number of carbonyl (C=O) groups is 1. The molecule has 1 aromatic heterocycles. The number of carbonyl (C=O) groups excluding carboxylic acids is 1. The molecule has 0 saturated heterocycles. The second-order valence-corrected chi connectivity index (χ2v) is 6.20. The van der Waals surface area contributed by atoms with Crippen molar-refractivity contribution < 1.29 is 9.53 Å². The van der Waals surface area contributed by atoms with Crippen LogP contribution < -0.4 is 16.0 Å². The van der Waals surface area contributed by atoms with Crippen LogP contribution in [0.1, 0.15) is 36.1 Å². The highest BCUT2D eigenvalue weighted by atomic mass is 16.5. The Bertz CT molecular complexity index is 751. The number of ether oxygens (including phenoxy) is 1. The van der Waals surface area contributed by atoms with Gasteiger partial charge < -0.3 is 15.4 Å². The van der Waals surface area contributed by atoms with E-state index in [-0.39, 0.29) is 0 Å². The zero-order valence-corrected chi connectivity index (χ0v) is 16.2. The Morgan fingerprint density at radius 3 is 2.38 bits per heavy atom. The van der Waals surface area contributed by atoms with Gasteiger partial charge in [0.15, 0.2) is 5.82 Å². The molecule has 6 heteroatoms. The average Bonchev–Trinajstić information content (AvgIpc) is 2.56. The van der Waals surface area contributed by atoms with Crippen LogP contribution in [-0.2, 0) is 11.3 Å². The maximum absolute atomic E-state index is 11.7. The summed E-state index contributed by atoms with van der Waals surface area (Å²) in [6, 6.07) is 8.04. The van der Waals surface area contributed by atoms with Crippen LogP contribution in [0.25, 0.3) is 0 Å². The maximum Gasteiger partial charge on any atom is 0.411 e. The van der Waals surface area contributed by atoms with Crippen molar-refractivity contribution in [3.05, 3.63) is 46.5 Å². The summed E-state index contributed by atoms with van der Waals surface area (Å²) in [6.07, 6.45) is -0.486. The number of anilines is 3. The van der Waals surface area contributed by atoms with Gasteiger partial charge in [0.05, 0.1) is 12.3 Å². The van der Waals surface area contributed by atoms with Gasteiger partial charge in [-0.05, 0) is 63.4 Å². The van der Waals surface area contributed by atoms with E-state index in [0.717, 1.165) is 5.82 Å². The Balaban J connectivity index is 2.15. The third-order valence-corrected chi connectivity index (χ3v) is 4.04. The summed E-state index contributed by atoms with van der Waals surface area (Å²) < 4.78 is 4.93. The zero-order chi connectivity index (χ0) is 19.1. The molecule has 0 fully saturated rings. The fraction of sp³-hybridized carbons (Fsp3) is 0.400. The second kappa shape index (κ2) is 9.08. The van der Waals surface area contributed by atoms with E-state index in [0.29, 0.717) is 31.2 Å². The van der Waals surface area contributed by atoms with Crippen molar-refractivity contribution in [1.82, 2.24) is 4.98 Å². The molecular weight excluding hydrogens is 328 g/mol. The van der Waals surface area contributed by atoms with Crippen LogP contribution >= 0.6 is 0 Å². The lowest BCUT2D eigenvalue weighted by Gasteiger charge is -2.15. The summed E-state index contributed by atoms with van der Waals surface area (Å²) in [5, 5.41) is 9.25. The van der Waals surface area contributed by atoms with Crippen molar-refractivity contribution in [3.63, 3.8) is 0 Å². The molecule has 2 rings (SSSR count). The fourth-order valence-corrected chi connectivity index (χ4v) is 2.91. The molecule has 1 heterocycles. The minimum Gasteiger partial charge on any atom is -0.450 e. The molecule has 1 aromatic carbocycles. The van der Waals surface area contributed by atoms with Gasteiger partial charge in [-0.3, -0.25) is 5.32 Å². The molecule has 6 nitrogen and oxygen atoms in total. The highest BCUT2D eigenvalue weighted by Crippen LogP contribution is 2.23. The topological polar surface area (TPSA) is 75.3 Å². The standard InChI is InChI=1S/C20H28N4O2/c1-6-21-19-17(23-20(25)26-7-2)8-9-18(24-19)22-12-16-14(4)10-13(3)11-15(16)5/h8-11H,6-7,12H2,1-5H3,(H,23,25)(H2,21,22,24). The van der Waals surface area contributed by atoms with Gasteiger partial charge in [-0.2, -0.15) is 0 Å². The lowest BCUT2D eigenvalue weighted by atomic mass is 10.00. The number of aromatic nitrogens is 1. The number of amides is 1. The number of pyridine rings is 1. The first-order valence-electron chi connectivity index (χ1n) is 8.93. The molecular formula is C20H28N4O2. The van der Waals surface area contributed by atoms with Crippen molar-refractivity contribution >= 4 is 23.4 Å². The smallest absolute Gasteiger partial charge is 0.411 e. The zero-order valence-electron chi connectivity index (χ0n) is 16.2. The van der Waals surface area contributed by atoms with Gasteiger partial charge >= 0.3 is 6.09 Å². The number of hydrogen-bond donors (Lipinski definition) is 3. The van der Waals surface area contributed by atoms with E-state index < -0.39 is 6.09 Å². The van der Waals surface area contributed by atoms with Crippen molar-refractivity contribution in [2.75, 3.05) is 29.1 Å². The lowest BCUT2D eigenvalue weighted by molar-refractivity contribution is 0.168. The second-order valence-electron chi connectivity index (χ2n) is 6.20. The van der Waals surface area contributed by atoms with Crippen molar-refractivity contribution in [2.45, 2.75) is 41.2 Å². The molecule has 3 N–H and O–H groups in total. The summed E-state index contributed by atoms with van der Waals surface area (Å²) in [7, 11) is 0. The Labute approximate surface area is 155 Å². The third-order valence-electron chi connectivity index (χ3n) is 4.04. The Hall–Kier alpha value is -2.76. The van der Waals surface area contributed by atoms with Crippen LogP contribution in [0, 0.1) is 20.8 Å². The highest BCUT2D eigenvalue weighted by Gasteiger charge is 2.10. The van der Waals surface area contributed by atoms with Crippen LogP contribution in [-0.4, -0.2) is 24.2 Å². The summed E-state index contributed by atoms with van der Waals surface area (Å²) >= 11 is 0.